The standard InChI is InChI=1S/C25H25F3N8O3/c1-16-21(13-30-24(31-16)38-10-9-35(2)3)17-7-8-20(29-12-17)14-36-15-22(39-34-36)33-23(37)32-19-6-4-5-18(11-19)25(26,27)28/h4-8,11-13,15H,9-10,14H2,1-3H3,(H-,32,33,34,37). The molecule has 0 aliphatic carbocycles. The highest BCUT2D eigenvalue weighted by atomic mass is 19.4. The Morgan fingerprint density at radius 3 is 2.69 bits per heavy atom. The van der Waals surface area contributed by atoms with E-state index in [2.05, 4.69) is 30.5 Å². The first kappa shape index (κ1) is 27.4. The maximum absolute atomic E-state index is 12.9. The van der Waals surface area contributed by atoms with Gasteiger partial charge in [0.1, 0.15) is 12.3 Å². The van der Waals surface area contributed by atoms with E-state index in [1.165, 1.54) is 23.0 Å². The fourth-order valence-corrected chi connectivity index (χ4v) is 3.38. The molecule has 4 aromatic rings. The fraction of sp³-hybridized carbons (Fsp3) is 0.280. The monoisotopic (exact) mass is 542 g/mol. The molecule has 0 unspecified atom stereocenters. The Kier molecular flexibility index (Phi) is 8.34. The van der Waals surface area contributed by atoms with E-state index >= 15 is 0 Å². The average Bonchev–Trinajstić information content (AvgIpc) is 3.30. The number of halogens is 3. The Labute approximate surface area is 221 Å². The Bertz CT molecular complexity index is 1440. The van der Waals surface area contributed by atoms with E-state index in [4.69, 9.17) is 9.26 Å². The zero-order valence-corrected chi connectivity index (χ0v) is 21.3. The number of nitrogens with zero attached hydrogens (tertiary/aromatic N) is 7. The molecule has 1 N–H and O–H groups in total. The van der Waals surface area contributed by atoms with Gasteiger partial charge in [0.25, 0.3) is 6.20 Å². The van der Waals surface area contributed by atoms with Crippen LogP contribution in [0.5, 0.6) is 6.01 Å². The van der Waals surface area contributed by atoms with Gasteiger partial charge in [-0.3, -0.25) is 9.51 Å². The first-order chi connectivity index (χ1) is 18.6. The molecule has 1 aromatic carbocycles. The molecule has 3 aromatic heterocycles. The van der Waals surface area contributed by atoms with Crippen LogP contribution in [-0.4, -0.2) is 58.4 Å². The molecule has 11 nitrogen and oxygen atoms in total. The lowest BCUT2D eigenvalue weighted by Gasteiger charge is -2.14. The minimum absolute atomic E-state index is 0.0533. The zero-order valence-electron chi connectivity index (χ0n) is 21.3. The topological polar surface area (TPSA) is 128 Å². The lowest BCUT2D eigenvalue weighted by Crippen LogP contribution is -2.35. The summed E-state index contributed by atoms with van der Waals surface area (Å²) in [5.41, 5.74) is 2.10. The Hall–Kier alpha value is -4.59. The highest BCUT2D eigenvalue weighted by Gasteiger charge is 2.30. The number of aryl methyl sites for hydroxylation is 1. The molecule has 0 saturated heterocycles. The molecule has 0 aliphatic heterocycles. The maximum Gasteiger partial charge on any atom is 0.416 e. The van der Waals surface area contributed by atoms with Gasteiger partial charge in [0.15, 0.2) is 0 Å². The van der Waals surface area contributed by atoms with E-state index in [-0.39, 0.29) is 18.1 Å². The van der Waals surface area contributed by atoms with Gasteiger partial charge in [-0.1, -0.05) is 12.1 Å². The molecule has 0 atom stereocenters. The molecule has 0 spiro atoms. The lowest BCUT2D eigenvalue weighted by atomic mass is 10.1. The second kappa shape index (κ2) is 11.9. The molecule has 0 saturated carbocycles. The van der Waals surface area contributed by atoms with Crippen LogP contribution in [0.1, 0.15) is 17.0 Å². The summed E-state index contributed by atoms with van der Waals surface area (Å²) in [4.78, 5) is 18.8. The lowest BCUT2D eigenvalue weighted by molar-refractivity contribution is -0.755. The number of amidine groups is 1. The highest BCUT2D eigenvalue weighted by molar-refractivity contribution is 5.87. The first-order valence-corrected chi connectivity index (χ1v) is 11.7. The number of nitrogens with one attached hydrogen (secondary N) is 1. The van der Waals surface area contributed by atoms with Gasteiger partial charge in [0.05, 0.1) is 17.3 Å². The number of hydrogen-bond donors (Lipinski definition) is 1. The smallest absolute Gasteiger partial charge is 0.416 e. The summed E-state index contributed by atoms with van der Waals surface area (Å²) >= 11 is 0. The SMILES string of the molecule is Cc1nc(OCCN(C)C)ncc1-c1ccc(C[n+]2cc(/N=C(\[O-])Nc3cccc(C(F)(F)F)c3)on2)nc1. The number of rotatable bonds is 9. The van der Waals surface area contributed by atoms with Crippen molar-refractivity contribution in [3.05, 3.63) is 71.9 Å². The van der Waals surface area contributed by atoms with Gasteiger partial charge >= 0.3 is 18.1 Å². The third kappa shape index (κ3) is 7.70. The molecule has 0 amide bonds. The van der Waals surface area contributed by atoms with Crippen molar-refractivity contribution >= 4 is 17.6 Å². The summed E-state index contributed by atoms with van der Waals surface area (Å²) in [6.45, 7) is 3.32. The van der Waals surface area contributed by atoms with E-state index in [1.54, 1.807) is 18.5 Å². The summed E-state index contributed by atoms with van der Waals surface area (Å²) in [6, 6.07) is 7.29. The molecule has 39 heavy (non-hydrogen) atoms. The van der Waals surface area contributed by atoms with Gasteiger partial charge in [-0.25, -0.2) is 9.98 Å². The van der Waals surface area contributed by atoms with Crippen molar-refractivity contribution in [2.24, 2.45) is 4.99 Å². The van der Waals surface area contributed by atoms with E-state index in [0.29, 0.717) is 18.3 Å². The van der Waals surface area contributed by atoms with Gasteiger partial charge in [-0.2, -0.15) is 18.2 Å². The minimum Gasteiger partial charge on any atom is -0.846 e. The number of aliphatic imine (C=N–C) groups is 1. The summed E-state index contributed by atoms with van der Waals surface area (Å²) in [5.74, 6) is -0.128. The molecular weight excluding hydrogens is 517 g/mol. The largest absolute Gasteiger partial charge is 0.846 e. The molecule has 4 rings (SSSR count). The molecule has 204 valence electrons. The van der Waals surface area contributed by atoms with Crippen LogP contribution in [0.15, 0.2) is 64.5 Å². The summed E-state index contributed by atoms with van der Waals surface area (Å²) in [5, 5.41) is 18.2. The minimum atomic E-state index is -4.53. The Morgan fingerprint density at radius 2 is 2.00 bits per heavy atom. The maximum atomic E-state index is 12.9. The van der Waals surface area contributed by atoms with Gasteiger partial charge in [-0.15, -0.1) is 0 Å². The Morgan fingerprint density at radius 1 is 1.18 bits per heavy atom. The third-order valence-electron chi connectivity index (χ3n) is 5.34. The summed E-state index contributed by atoms with van der Waals surface area (Å²) in [6.07, 6.45) is 0.212. The molecular formula is C25H25F3N8O3. The van der Waals surface area contributed by atoms with Gasteiger partial charge in [-0.05, 0) is 50.0 Å². The first-order valence-electron chi connectivity index (χ1n) is 11.7. The number of alkyl halides is 3. The van der Waals surface area contributed by atoms with Crippen molar-refractivity contribution in [1.82, 2.24) is 25.1 Å². The normalized spacial score (nSPS) is 12.1. The highest BCUT2D eigenvalue weighted by Crippen LogP contribution is 2.30. The molecule has 14 heteroatoms. The van der Waals surface area contributed by atoms with E-state index in [1.807, 2.05) is 32.0 Å². The number of aromatic nitrogens is 5. The van der Waals surface area contributed by atoms with Crippen LogP contribution < -0.4 is 19.8 Å². The van der Waals surface area contributed by atoms with Crippen molar-refractivity contribution in [2.75, 3.05) is 32.6 Å². The van der Waals surface area contributed by atoms with Crippen molar-refractivity contribution in [2.45, 2.75) is 19.6 Å². The fourth-order valence-electron chi connectivity index (χ4n) is 3.38. The van der Waals surface area contributed by atoms with Crippen molar-refractivity contribution in [3.63, 3.8) is 0 Å². The Balaban J connectivity index is 1.37. The number of likely N-dealkylation sites (N-methyl/N-ethyl adjacent to an activating group) is 1. The summed E-state index contributed by atoms with van der Waals surface area (Å²) < 4.78 is 50.5. The van der Waals surface area contributed by atoms with Crippen molar-refractivity contribution in [3.8, 4) is 17.1 Å². The van der Waals surface area contributed by atoms with Crippen LogP contribution >= 0.6 is 0 Å². The van der Waals surface area contributed by atoms with Crippen molar-refractivity contribution < 1.29 is 32.2 Å². The summed E-state index contributed by atoms with van der Waals surface area (Å²) in [7, 11) is 3.91. The number of pyridine rings is 1. The predicted molar refractivity (Wildman–Crippen MR) is 132 cm³/mol. The molecule has 0 fully saturated rings. The van der Waals surface area contributed by atoms with Crippen LogP contribution in [0, 0.1) is 6.92 Å². The molecule has 3 heterocycles. The van der Waals surface area contributed by atoms with Crippen LogP contribution in [-0.2, 0) is 12.7 Å². The van der Waals surface area contributed by atoms with Crippen molar-refractivity contribution in [1.29, 1.82) is 0 Å². The second-order valence-corrected chi connectivity index (χ2v) is 8.70. The van der Waals surface area contributed by atoms with Crippen LogP contribution in [0.4, 0.5) is 24.7 Å². The number of benzene rings is 1. The van der Waals surface area contributed by atoms with Crippen LogP contribution in [0.25, 0.3) is 11.1 Å². The molecule has 0 aliphatic rings. The number of ether oxygens (including phenoxy) is 1. The number of anilines is 1. The van der Waals surface area contributed by atoms with Crippen LogP contribution in [0.3, 0.4) is 0 Å². The third-order valence-corrected chi connectivity index (χ3v) is 5.34. The van der Waals surface area contributed by atoms with Gasteiger partial charge in [0.2, 0.25) is 11.8 Å². The second-order valence-electron chi connectivity index (χ2n) is 8.70. The molecule has 0 radical (unpaired) electrons. The predicted octanol–water partition coefficient (Wildman–Crippen LogP) is 2.59. The van der Waals surface area contributed by atoms with Crippen LogP contribution in [0.2, 0.25) is 0 Å². The van der Waals surface area contributed by atoms with Gasteiger partial charge < -0.3 is 20.1 Å². The molecule has 0 bridgehead atoms. The average molecular weight is 543 g/mol. The quantitative estimate of drug-likeness (QED) is 0.193. The van der Waals surface area contributed by atoms with E-state index in [9.17, 15) is 18.3 Å². The van der Waals surface area contributed by atoms with E-state index in [0.717, 1.165) is 35.5 Å². The van der Waals surface area contributed by atoms with Gasteiger partial charge in [0, 0.05) is 35.8 Å². The zero-order chi connectivity index (χ0) is 28.0. The number of hydrogen-bond acceptors (Lipinski definition) is 9. The van der Waals surface area contributed by atoms with E-state index < -0.39 is 17.8 Å².